The Hall–Kier alpha value is -2.94. The fourth-order valence-corrected chi connectivity index (χ4v) is 3.90. The second-order valence-corrected chi connectivity index (χ2v) is 8.29. The molecule has 3 aromatic rings. The van der Waals surface area contributed by atoms with Gasteiger partial charge in [0.05, 0.1) is 31.0 Å². The molecule has 32 heavy (non-hydrogen) atoms. The number of amides is 1. The predicted molar refractivity (Wildman–Crippen MR) is 123 cm³/mol. The van der Waals surface area contributed by atoms with Crippen molar-refractivity contribution in [3.8, 4) is 11.3 Å². The Morgan fingerprint density at radius 1 is 1.41 bits per heavy atom. The van der Waals surface area contributed by atoms with Gasteiger partial charge in [-0.05, 0) is 49.1 Å². The Morgan fingerprint density at radius 2 is 2.28 bits per heavy atom. The molecule has 3 heterocycles. The van der Waals surface area contributed by atoms with Crippen LogP contribution >= 0.6 is 11.6 Å². The van der Waals surface area contributed by atoms with Gasteiger partial charge in [-0.3, -0.25) is 4.79 Å². The van der Waals surface area contributed by atoms with Crippen molar-refractivity contribution < 1.29 is 14.6 Å². The molecule has 0 radical (unpaired) electrons. The number of rotatable bonds is 7. The minimum Gasteiger partial charge on any atom is -0.394 e. The summed E-state index contributed by atoms with van der Waals surface area (Å²) in [5.41, 5.74) is 3.51. The molecule has 0 aliphatic carbocycles. The molecular weight excluding hydrogens is 430 g/mol. The molecule has 0 spiro atoms. The number of aliphatic hydroxyl groups is 1. The van der Waals surface area contributed by atoms with Gasteiger partial charge in [0.15, 0.2) is 0 Å². The Bertz CT molecular complexity index is 1080. The molecule has 1 aliphatic rings. The van der Waals surface area contributed by atoms with Crippen LogP contribution in [-0.2, 0) is 4.74 Å². The van der Waals surface area contributed by atoms with Gasteiger partial charge < -0.3 is 25.5 Å². The number of halogens is 1. The smallest absolute Gasteiger partial charge is 0.268 e. The first kappa shape index (κ1) is 22.3. The summed E-state index contributed by atoms with van der Waals surface area (Å²) in [6.45, 7) is 3.11. The lowest BCUT2D eigenvalue weighted by Crippen LogP contribution is -2.31. The zero-order valence-corrected chi connectivity index (χ0v) is 18.5. The number of carbonyl (C=O) groups is 1. The largest absolute Gasteiger partial charge is 0.394 e. The number of benzene rings is 1. The van der Waals surface area contributed by atoms with Gasteiger partial charge in [0.1, 0.15) is 5.69 Å². The Kier molecular flexibility index (Phi) is 7.04. The number of hydrogen-bond acceptors (Lipinski definition) is 6. The molecule has 2 aromatic heterocycles. The fourth-order valence-electron chi connectivity index (χ4n) is 3.70. The lowest BCUT2D eigenvalue weighted by molar-refractivity contribution is 0.0874. The zero-order chi connectivity index (χ0) is 22.5. The maximum absolute atomic E-state index is 12.8. The van der Waals surface area contributed by atoms with Crippen LogP contribution in [0.1, 0.15) is 40.5 Å². The molecule has 4 N–H and O–H groups in total. The first-order chi connectivity index (χ1) is 15.5. The van der Waals surface area contributed by atoms with Crippen molar-refractivity contribution in [3.63, 3.8) is 0 Å². The zero-order valence-electron chi connectivity index (χ0n) is 17.8. The first-order valence-electron chi connectivity index (χ1n) is 10.6. The highest BCUT2D eigenvalue weighted by molar-refractivity contribution is 6.30. The summed E-state index contributed by atoms with van der Waals surface area (Å²) in [7, 11) is 0. The van der Waals surface area contributed by atoms with Crippen LogP contribution in [-0.4, -0.2) is 51.8 Å². The number of nitrogens with one attached hydrogen (secondary N) is 3. The van der Waals surface area contributed by atoms with Crippen molar-refractivity contribution in [2.75, 3.05) is 25.1 Å². The van der Waals surface area contributed by atoms with E-state index in [4.69, 9.17) is 16.3 Å². The summed E-state index contributed by atoms with van der Waals surface area (Å²) < 4.78 is 5.51. The molecular formula is C23H26ClN5O3. The van der Waals surface area contributed by atoms with E-state index in [1.54, 1.807) is 36.7 Å². The van der Waals surface area contributed by atoms with Gasteiger partial charge in [-0.25, -0.2) is 9.97 Å². The molecule has 4 rings (SSSR count). The molecule has 0 saturated carbocycles. The number of ether oxygens (including phenoxy) is 1. The van der Waals surface area contributed by atoms with E-state index in [0.29, 0.717) is 23.3 Å². The summed E-state index contributed by atoms with van der Waals surface area (Å²) in [4.78, 5) is 24.8. The van der Waals surface area contributed by atoms with Gasteiger partial charge in [-0.15, -0.1) is 0 Å². The molecule has 0 unspecified atom stereocenters. The van der Waals surface area contributed by atoms with Gasteiger partial charge in [0.25, 0.3) is 5.91 Å². The highest BCUT2D eigenvalue weighted by Gasteiger charge is 2.19. The van der Waals surface area contributed by atoms with Crippen LogP contribution in [0.3, 0.4) is 0 Å². The number of aromatic amines is 1. The fraction of sp³-hybridized carbons (Fsp3) is 0.348. The van der Waals surface area contributed by atoms with Crippen LogP contribution in [0.5, 0.6) is 0 Å². The molecule has 1 amide bonds. The summed E-state index contributed by atoms with van der Waals surface area (Å²) >= 11 is 6.04. The number of hydrogen-bond donors (Lipinski definition) is 4. The molecule has 1 fully saturated rings. The SMILES string of the molecule is Cc1cnc(N[C@H]2CCCOC2)nc1-c1c[nH]c(C(=O)N[C@H](CO)c2cccc(Cl)c2)c1. The monoisotopic (exact) mass is 455 g/mol. The molecule has 1 saturated heterocycles. The second kappa shape index (κ2) is 10.1. The Labute approximate surface area is 191 Å². The number of carbonyl (C=O) groups excluding carboxylic acids is 1. The number of aryl methyl sites for hydroxylation is 1. The van der Waals surface area contributed by atoms with Crippen molar-refractivity contribution in [2.45, 2.75) is 31.8 Å². The van der Waals surface area contributed by atoms with E-state index in [9.17, 15) is 9.90 Å². The van der Waals surface area contributed by atoms with Crippen molar-refractivity contribution in [3.05, 3.63) is 64.6 Å². The minimum absolute atomic E-state index is 0.189. The van der Waals surface area contributed by atoms with E-state index in [0.717, 1.165) is 41.8 Å². The normalized spacial score (nSPS) is 17.0. The van der Waals surface area contributed by atoms with Crippen molar-refractivity contribution >= 4 is 23.5 Å². The standard InChI is InChI=1S/C23H26ClN5O3/c1-14-10-26-23(27-18-6-3-7-32-13-18)29-21(14)16-9-19(25-11-16)22(31)28-20(12-30)15-4-2-5-17(24)8-15/h2,4-5,8-11,18,20,25,30H,3,6-7,12-13H2,1H3,(H,28,31)(H,26,27,29)/t18-,20+/m0/s1. The third-order valence-electron chi connectivity index (χ3n) is 5.41. The van der Waals surface area contributed by atoms with Crippen LogP contribution in [0, 0.1) is 6.92 Å². The van der Waals surface area contributed by atoms with Crippen molar-refractivity contribution in [1.29, 1.82) is 0 Å². The van der Waals surface area contributed by atoms with Gasteiger partial charge in [0, 0.05) is 29.6 Å². The summed E-state index contributed by atoms with van der Waals surface area (Å²) in [6.07, 6.45) is 5.53. The molecule has 8 nitrogen and oxygen atoms in total. The average Bonchev–Trinajstić information content (AvgIpc) is 3.29. The molecule has 2 atom stereocenters. The van der Waals surface area contributed by atoms with Gasteiger partial charge >= 0.3 is 0 Å². The van der Waals surface area contributed by atoms with Gasteiger partial charge in [0.2, 0.25) is 5.95 Å². The highest BCUT2D eigenvalue weighted by Crippen LogP contribution is 2.24. The first-order valence-corrected chi connectivity index (χ1v) is 10.9. The molecule has 168 valence electrons. The second-order valence-electron chi connectivity index (χ2n) is 7.85. The van der Waals surface area contributed by atoms with Crippen molar-refractivity contribution in [1.82, 2.24) is 20.3 Å². The van der Waals surface area contributed by atoms with Gasteiger partial charge in [-0.2, -0.15) is 0 Å². The van der Waals surface area contributed by atoms with E-state index in [1.807, 2.05) is 13.0 Å². The van der Waals surface area contributed by atoms with Gasteiger partial charge in [-0.1, -0.05) is 23.7 Å². The van der Waals surface area contributed by atoms with E-state index in [2.05, 4.69) is 25.6 Å². The average molecular weight is 456 g/mol. The van der Waals surface area contributed by atoms with Crippen LogP contribution in [0.2, 0.25) is 5.02 Å². The summed E-state index contributed by atoms with van der Waals surface area (Å²) in [6, 6.07) is 8.42. The molecule has 9 heteroatoms. The van der Waals surface area contributed by atoms with Crippen LogP contribution < -0.4 is 10.6 Å². The third kappa shape index (κ3) is 5.27. The number of aromatic nitrogens is 3. The van der Waals surface area contributed by atoms with Crippen molar-refractivity contribution in [2.24, 2.45) is 0 Å². The number of aliphatic hydroxyl groups excluding tert-OH is 1. The maximum atomic E-state index is 12.8. The lowest BCUT2D eigenvalue weighted by Gasteiger charge is -2.23. The Morgan fingerprint density at radius 3 is 3.03 bits per heavy atom. The van der Waals surface area contributed by atoms with E-state index >= 15 is 0 Å². The molecule has 1 aliphatic heterocycles. The van der Waals surface area contributed by atoms with Crippen LogP contribution in [0.25, 0.3) is 11.3 Å². The third-order valence-corrected chi connectivity index (χ3v) is 5.64. The van der Waals surface area contributed by atoms with Crippen LogP contribution in [0.15, 0.2) is 42.7 Å². The van der Waals surface area contributed by atoms with Crippen LogP contribution in [0.4, 0.5) is 5.95 Å². The summed E-state index contributed by atoms with van der Waals surface area (Å²) in [5.74, 6) is 0.203. The highest BCUT2D eigenvalue weighted by atomic mass is 35.5. The Balaban J connectivity index is 1.49. The minimum atomic E-state index is -0.567. The predicted octanol–water partition coefficient (Wildman–Crippen LogP) is 3.49. The quantitative estimate of drug-likeness (QED) is 0.434. The number of nitrogens with zero attached hydrogens (tertiary/aromatic N) is 2. The number of anilines is 1. The van der Waals surface area contributed by atoms with E-state index < -0.39 is 6.04 Å². The number of H-pyrrole nitrogens is 1. The molecule has 1 aromatic carbocycles. The van der Waals surface area contributed by atoms with E-state index in [-0.39, 0.29) is 18.6 Å². The maximum Gasteiger partial charge on any atom is 0.268 e. The topological polar surface area (TPSA) is 112 Å². The van der Waals surface area contributed by atoms with E-state index in [1.165, 1.54) is 0 Å². The lowest BCUT2D eigenvalue weighted by atomic mass is 10.1. The molecule has 0 bridgehead atoms. The summed E-state index contributed by atoms with van der Waals surface area (Å²) in [5, 5.41) is 16.5.